The van der Waals surface area contributed by atoms with Gasteiger partial charge in [0.25, 0.3) is 0 Å². The summed E-state index contributed by atoms with van der Waals surface area (Å²) in [5.74, 6) is 1.42. The van der Waals surface area contributed by atoms with Crippen molar-refractivity contribution in [2.45, 2.75) is 0 Å². The van der Waals surface area contributed by atoms with Crippen LogP contribution in [0.1, 0.15) is 0 Å². The number of para-hydroxylation sites is 1. The summed E-state index contributed by atoms with van der Waals surface area (Å²) in [7, 11) is 0. The Morgan fingerprint density at radius 3 is 2.73 bits per heavy atom. The molecule has 0 aliphatic rings. The summed E-state index contributed by atoms with van der Waals surface area (Å²) in [5.41, 5.74) is 0. The van der Waals surface area contributed by atoms with Gasteiger partial charge in [-0.25, -0.2) is 4.98 Å². The van der Waals surface area contributed by atoms with E-state index in [1.807, 2.05) is 24.3 Å². The standard InChI is InChI=1S/C11H7BrClNO/c12-9-3-1-2-4-10(9)15-8-5-6-14-11(13)7-8/h1-7H. The predicted molar refractivity (Wildman–Crippen MR) is 63.5 cm³/mol. The fraction of sp³-hybridized carbons (Fsp3) is 0. The Morgan fingerprint density at radius 2 is 2.00 bits per heavy atom. The van der Waals surface area contributed by atoms with E-state index in [4.69, 9.17) is 16.3 Å². The minimum absolute atomic E-state index is 0.416. The number of nitrogens with zero attached hydrogens (tertiary/aromatic N) is 1. The maximum Gasteiger partial charge on any atom is 0.141 e. The molecular weight excluding hydrogens is 277 g/mol. The van der Waals surface area contributed by atoms with Gasteiger partial charge in [0.05, 0.1) is 4.47 Å². The van der Waals surface area contributed by atoms with Crippen molar-refractivity contribution in [3.63, 3.8) is 0 Å². The molecule has 0 saturated heterocycles. The summed E-state index contributed by atoms with van der Waals surface area (Å²) in [6, 6.07) is 11.0. The highest BCUT2D eigenvalue weighted by Gasteiger charge is 2.01. The highest BCUT2D eigenvalue weighted by molar-refractivity contribution is 9.10. The minimum Gasteiger partial charge on any atom is -0.456 e. The van der Waals surface area contributed by atoms with E-state index in [0.29, 0.717) is 10.9 Å². The van der Waals surface area contributed by atoms with Crippen LogP contribution in [0.15, 0.2) is 47.1 Å². The number of benzene rings is 1. The van der Waals surface area contributed by atoms with Gasteiger partial charge in [0.2, 0.25) is 0 Å². The fourth-order valence-corrected chi connectivity index (χ4v) is 1.63. The lowest BCUT2D eigenvalue weighted by Gasteiger charge is -2.06. The van der Waals surface area contributed by atoms with Crippen LogP contribution in [0.5, 0.6) is 11.5 Å². The number of aromatic nitrogens is 1. The largest absolute Gasteiger partial charge is 0.456 e. The number of hydrogen-bond donors (Lipinski definition) is 0. The van der Waals surface area contributed by atoms with Crippen LogP contribution < -0.4 is 4.74 Å². The second kappa shape index (κ2) is 4.64. The van der Waals surface area contributed by atoms with Crippen LogP contribution in [0.3, 0.4) is 0 Å². The first-order chi connectivity index (χ1) is 7.25. The van der Waals surface area contributed by atoms with Crippen molar-refractivity contribution in [3.8, 4) is 11.5 Å². The molecule has 4 heteroatoms. The highest BCUT2D eigenvalue weighted by Crippen LogP contribution is 2.29. The quantitative estimate of drug-likeness (QED) is 0.768. The molecular formula is C11H7BrClNO. The molecule has 2 rings (SSSR count). The van der Waals surface area contributed by atoms with Crippen molar-refractivity contribution in [3.05, 3.63) is 52.2 Å². The maximum atomic E-state index is 5.75. The Bertz CT molecular complexity index is 476. The van der Waals surface area contributed by atoms with Gasteiger partial charge in [-0.3, -0.25) is 0 Å². The molecule has 0 spiro atoms. The van der Waals surface area contributed by atoms with E-state index in [1.54, 1.807) is 18.3 Å². The number of rotatable bonds is 2. The first-order valence-corrected chi connectivity index (χ1v) is 5.47. The van der Waals surface area contributed by atoms with E-state index >= 15 is 0 Å². The maximum absolute atomic E-state index is 5.75. The SMILES string of the molecule is Clc1cc(Oc2ccccc2Br)ccn1. The van der Waals surface area contributed by atoms with Gasteiger partial charge < -0.3 is 4.74 Å². The van der Waals surface area contributed by atoms with Gasteiger partial charge in [-0.15, -0.1) is 0 Å². The first-order valence-electron chi connectivity index (χ1n) is 4.29. The molecule has 2 aromatic rings. The zero-order chi connectivity index (χ0) is 10.7. The Balaban J connectivity index is 2.26. The Kier molecular flexibility index (Phi) is 3.23. The zero-order valence-corrected chi connectivity index (χ0v) is 9.99. The molecule has 0 fully saturated rings. The molecule has 0 unspecified atom stereocenters. The number of ether oxygens (including phenoxy) is 1. The van der Waals surface area contributed by atoms with Gasteiger partial charge >= 0.3 is 0 Å². The lowest BCUT2D eigenvalue weighted by atomic mass is 10.3. The topological polar surface area (TPSA) is 22.1 Å². The molecule has 0 amide bonds. The Labute approximate surface area is 101 Å². The number of hydrogen-bond acceptors (Lipinski definition) is 2. The van der Waals surface area contributed by atoms with Crippen LogP contribution in [0, 0.1) is 0 Å². The van der Waals surface area contributed by atoms with Crippen molar-refractivity contribution in [1.82, 2.24) is 4.98 Å². The van der Waals surface area contributed by atoms with E-state index in [1.165, 1.54) is 0 Å². The van der Waals surface area contributed by atoms with Gasteiger partial charge in [0.1, 0.15) is 16.7 Å². The van der Waals surface area contributed by atoms with Crippen molar-refractivity contribution in [2.75, 3.05) is 0 Å². The normalized spacial score (nSPS) is 10.0. The van der Waals surface area contributed by atoms with Crippen LogP contribution in [-0.2, 0) is 0 Å². The van der Waals surface area contributed by atoms with E-state index < -0.39 is 0 Å². The van der Waals surface area contributed by atoms with E-state index in [2.05, 4.69) is 20.9 Å². The molecule has 1 aromatic carbocycles. The zero-order valence-electron chi connectivity index (χ0n) is 7.65. The summed E-state index contributed by atoms with van der Waals surface area (Å²) in [4.78, 5) is 3.88. The van der Waals surface area contributed by atoms with Gasteiger partial charge in [-0.1, -0.05) is 23.7 Å². The molecule has 0 saturated carbocycles. The van der Waals surface area contributed by atoms with E-state index in [9.17, 15) is 0 Å². The Hall–Kier alpha value is -1.06. The molecule has 0 atom stereocenters. The third-order valence-corrected chi connectivity index (χ3v) is 2.62. The van der Waals surface area contributed by atoms with Gasteiger partial charge in [0.15, 0.2) is 0 Å². The first kappa shape index (κ1) is 10.5. The third kappa shape index (κ3) is 2.70. The molecule has 0 bridgehead atoms. The smallest absolute Gasteiger partial charge is 0.141 e. The van der Waals surface area contributed by atoms with Crippen LogP contribution in [0.4, 0.5) is 0 Å². The summed E-state index contributed by atoms with van der Waals surface area (Å²) < 4.78 is 6.52. The molecule has 1 aromatic heterocycles. The third-order valence-electron chi connectivity index (χ3n) is 1.76. The average Bonchev–Trinajstić information content (AvgIpc) is 2.22. The number of pyridine rings is 1. The van der Waals surface area contributed by atoms with Gasteiger partial charge in [-0.2, -0.15) is 0 Å². The van der Waals surface area contributed by atoms with Crippen LogP contribution in [0.2, 0.25) is 5.15 Å². The van der Waals surface area contributed by atoms with Crippen LogP contribution in [0.25, 0.3) is 0 Å². The molecule has 0 radical (unpaired) electrons. The molecule has 0 N–H and O–H groups in total. The second-order valence-electron chi connectivity index (χ2n) is 2.85. The van der Waals surface area contributed by atoms with E-state index in [0.717, 1.165) is 10.2 Å². The predicted octanol–water partition coefficient (Wildman–Crippen LogP) is 4.29. The number of halogens is 2. The second-order valence-corrected chi connectivity index (χ2v) is 4.09. The van der Waals surface area contributed by atoms with Crippen molar-refractivity contribution in [2.24, 2.45) is 0 Å². The summed E-state index contributed by atoms with van der Waals surface area (Å²) in [5, 5.41) is 0.416. The molecule has 1 heterocycles. The highest BCUT2D eigenvalue weighted by atomic mass is 79.9. The molecule has 0 aliphatic carbocycles. The van der Waals surface area contributed by atoms with Gasteiger partial charge in [-0.05, 0) is 34.1 Å². The van der Waals surface area contributed by atoms with Gasteiger partial charge in [0, 0.05) is 12.3 Å². The summed E-state index contributed by atoms with van der Waals surface area (Å²) in [6.45, 7) is 0. The average molecular weight is 285 g/mol. The minimum atomic E-state index is 0.416. The van der Waals surface area contributed by atoms with Crippen molar-refractivity contribution >= 4 is 27.5 Å². The van der Waals surface area contributed by atoms with E-state index in [-0.39, 0.29) is 0 Å². The summed E-state index contributed by atoms with van der Waals surface area (Å²) >= 11 is 9.15. The lowest BCUT2D eigenvalue weighted by Crippen LogP contribution is -1.85. The van der Waals surface area contributed by atoms with Crippen LogP contribution in [-0.4, -0.2) is 4.98 Å². The van der Waals surface area contributed by atoms with Crippen LogP contribution >= 0.6 is 27.5 Å². The summed E-state index contributed by atoms with van der Waals surface area (Å²) in [6.07, 6.45) is 1.61. The molecule has 76 valence electrons. The molecule has 15 heavy (non-hydrogen) atoms. The van der Waals surface area contributed by atoms with Crippen molar-refractivity contribution < 1.29 is 4.74 Å². The van der Waals surface area contributed by atoms with Crippen molar-refractivity contribution in [1.29, 1.82) is 0 Å². The Morgan fingerprint density at radius 1 is 1.20 bits per heavy atom. The molecule has 0 aliphatic heterocycles. The fourth-order valence-electron chi connectivity index (χ4n) is 1.10. The molecule has 2 nitrogen and oxygen atoms in total. The lowest BCUT2D eigenvalue weighted by molar-refractivity contribution is 0.479. The monoisotopic (exact) mass is 283 g/mol.